The summed E-state index contributed by atoms with van der Waals surface area (Å²) in [5, 5.41) is 1.81. The highest BCUT2D eigenvalue weighted by Gasteiger charge is 2.05. The van der Waals surface area contributed by atoms with Gasteiger partial charge in [-0.2, -0.15) is 0 Å². The zero-order valence-corrected chi connectivity index (χ0v) is 7.24. The predicted octanol–water partition coefficient (Wildman–Crippen LogP) is 2.24. The molecule has 0 aliphatic carbocycles. The summed E-state index contributed by atoms with van der Waals surface area (Å²) in [5.41, 5.74) is 0.523. The van der Waals surface area contributed by atoms with Crippen molar-refractivity contribution in [1.82, 2.24) is 4.98 Å². The number of hydrogen-bond acceptors (Lipinski definition) is 2. The standard InChI is InChI=1S/C11H8NO/c1-8(13)11-10-5-3-2-4-9(10)6-7-12-11/h2-3,5-7H,1H3. The Bertz CT molecular complexity index is 457. The van der Waals surface area contributed by atoms with E-state index < -0.39 is 0 Å². The molecule has 0 amide bonds. The molecular weight excluding hydrogens is 162 g/mol. The van der Waals surface area contributed by atoms with Crippen LogP contribution in [-0.2, 0) is 0 Å². The molecule has 0 aliphatic rings. The van der Waals surface area contributed by atoms with Crippen LogP contribution in [0.25, 0.3) is 10.8 Å². The lowest BCUT2D eigenvalue weighted by molar-refractivity contribution is 0.101. The van der Waals surface area contributed by atoms with Crippen LogP contribution in [0.1, 0.15) is 17.4 Å². The average molecular weight is 170 g/mol. The van der Waals surface area contributed by atoms with Crippen LogP contribution >= 0.6 is 0 Å². The molecule has 0 spiro atoms. The summed E-state index contributed by atoms with van der Waals surface area (Å²) in [6.45, 7) is 1.52. The van der Waals surface area contributed by atoms with Gasteiger partial charge in [-0.25, -0.2) is 0 Å². The second-order valence-electron chi connectivity index (χ2n) is 2.85. The number of carbonyl (C=O) groups is 1. The van der Waals surface area contributed by atoms with Crippen molar-refractivity contribution in [2.24, 2.45) is 0 Å². The summed E-state index contributed by atoms with van der Waals surface area (Å²) in [4.78, 5) is 15.2. The number of pyridine rings is 1. The van der Waals surface area contributed by atoms with Gasteiger partial charge in [-0.15, -0.1) is 0 Å². The van der Waals surface area contributed by atoms with Crippen molar-refractivity contribution in [1.29, 1.82) is 0 Å². The van der Waals surface area contributed by atoms with Gasteiger partial charge in [0.15, 0.2) is 5.78 Å². The van der Waals surface area contributed by atoms with Gasteiger partial charge in [0.05, 0.1) is 0 Å². The first-order valence-corrected chi connectivity index (χ1v) is 4.05. The Hall–Kier alpha value is -1.70. The Morgan fingerprint density at radius 1 is 1.46 bits per heavy atom. The van der Waals surface area contributed by atoms with E-state index in [9.17, 15) is 4.79 Å². The van der Waals surface area contributed by atoms with Gasteiger partial charge in [-0.3, -0.25) is 9.78 Å². The molecule has 0 saturated heterocycles. The topological polar surface area (TPSA) is 30.0 Å². The Morgan fingerprint density at radius 3 is 3.08 bits per heavy atom. The second-order valence-corrected chi connectivity index (χ2v) is 2.85. The molecule has 2 rings (SSSR count). The largest absolute Gasteiger partial charge is 0.293 e. The highest BCUT2D eigenvalue weighted by atomic mass is 16.1. The van der Waals surface area contributed by atoms with E-state index in [4.69, 9.17) is 0 Å². The molecule has 63 valence electrons. The number of rotatable bonds is 1. The van der Waals surface area contributed by atoms with Gasteiger partial charge < -0.3 is 0 Å². The van der Waals surface area contributed by atoms with Crippen molar-refractivity contribution >= 4 is 16.6 Å². The number of Topliss-reactive ketones (excluding diaryl/α,β-unsaturated/α-hetero) is 1. The predicted molar refractivity (Wildman–Crippen MR) is 50.6 cm³/mol. The molecular formula is C11H8NO. The van der Waals surface area contributed by atoms with Crippen molar-refractivity contribution in [3.05, 3.63) is 42.2 Å². The quantitative estimate of drug-likeness (QED) is 0.614. The maximum absolute atomic E-state index is 11.2. The molecule has 1 aromatic carbocycles. The average Bonchev–Trinajstić information content (AvgIpc) is 2.17. The van der Waals surface area contributed by atoms with Gasteiger partial charge >= 0.3 is 0 Å². The van der Waals surface area contributed by atoms with Crippen LogP contribution in [0.15, 0.2) is 30.5 Å². The summed E-state index contributed by atoms with van der Waals surface area (Å²) in [6.07, 6.45) is 1.63. The molecule has 0 N–H and O–H groups in total. The molecule has 1 aromatic heterocycles. The summed E-state index contributed by atoms with van der Waals surface area (Å²) in [6, 6.07) is 10.5. The van der Waals surface area contributed by atoms with Crippen LogP contribution in [0.4, 0.5) is 0 Å². The van der Waals surface area contributed by atoms with Crippen LogP contribution in [0.5, 0.6) is 0 Å². The molecule has 0 aliphatic heterocycles. The molecule has 1 radical (unpaired) electrons. The molecule has 2 heteroatoms. The summed E-state index contributed by atoms with van der Waals surface area (Å²) < 4.78 is 0. The van der Waals surface area contributed by atoms with E-state index in [1.165, 1.54) is 6.92 Å². The SMILES string of the molecule is CC(=O)c1nccc2[c]cccc12. The molecule has 0 bridgehead atoms. The van der Waals surface area contributed by atoms with Crippen LogP contribution < -0.4 is 0 Å². The third kappa shape index (κ3) is 1.31. The molecule has 0 atom stereocenters. The third-order valence-electron chi connectivity index (χ3n) is 1.92. The number of fused-ring (bicyclic) bond motifs is 1. The Kier molecular flexibility index (Phi) is 1.81. The van der Waals surface area contributed by atoms with Gasteiger partial charge in [0.2, 0.25) is 0 Å². The first-order chi connectivity index (χ1) is 6.29. The van der Waals surface area contributed by atoms with Crippen molar-refractivity contribution in [3.63, 3.8) is 0 Å². The third-order valence-corrected chi connectivity index (χ3v) is 1.92. The number of aromatic nitrogens is 1. The van der Waals surface area contributed by atoms with E-state index in [1.807, 2.05) is 24.3 Å². The van der Waals surface area contributed by atoms with Gasteiger partial charge in [0.1, 0.15) is 5.69 Å². The molecule has 0 fully saturated rings. The number of benzene rings is 1. The van der Waals surface area contributed by atoms with E-state index in [0.29, 0.717) is 5.69 Å². The van der Waals surface area contributed by atoms with Crippen LogP contribution in [-0.4, -0.2) is 10.8 Å². The molecule has 2 aromatic rings. The van der Waals surface area contributed by atoms with Crippen molar-refractivity contribution in [2.45, 2.75) is 6.92 Å². The van der Waals surface area contributed by atoms with E-state index in [-0.39, 0.29) is 5.78 Å². The normalized spacial score (nSPS) is 10.2. The summed E-state index contributed by atoms with van der Waals surface area (Å²) in [5.74, 6) is -0.00907. The van der Waals surface area contributed by atoms with Crippen molar-refractivity contribution in [3.8, 4) is 0 Å². The fourth-order valence-electron chi connectivity index (χ4n) is 1.33. The zero-order chi connectivity index (χ0) is 9.26. The maximum Gasteiger partial charge on any atom is 0.178 e. The van der Waals surface area contributed by atoms with Gasteiger partial charge in [0, 0.05) is 18.5 Å². The lowest BCUT2D eigenvalue weighted by Gasteiger charge is -2.00. The monoisotopic (exact) mass is 170 g/mol. The van der Waals surface area contributed by atoms with E-state index in [1.54, 1.807) is 6.20 Å². The fraction of sp³-hybridized carbons (Fsp3) is 0.0909. The number of carbonyl (C=O) groups excluding carboxylic acids is 1. The van der Waals surface area contributed by atoms with Crippen LogP contribution in [0.2, 0.25) is 0 Å². The summed E-state index contributed by atoms with van der Waals surface area (Å²) in [7, 11) is 0. The first-order valence-electron chi connectivity index (χ1n) is 4.05. The number of hydrogen-bond donors (Lipinski definition) is 0. The van der Waals surface area contributed by atoms with Crippen LogP contribution in [0, 0.1) is 6.07 Å². The van der Waals surface area contributed by atoms with Gasteiger partial charge in [-0.05, 0) is 17.5 Å². The van der Waals surface area contributed by atoms with E-state index in [0.717, 1.165) is 10.8 Å². The Morgan fingerprint density at radius 2 is 2.31 bits per heavy atom. The molecule has 1 heterocycles. The Labute approximate surface area is 76.2 Å². The second kappa shape index (κ2) is 2.98. The molecule has 13 heavy (non-hydrogen) atoms. The first kappa shape index (κ1) is 7.92. The highest BCUT2D eigenvalue weighted by molar-refractivity contribution is 6.04. The van der Waals surface area contributed by atoms with Gasteiger partial charge in [0.25, 0.3) is 0 Å². The van der Waals surface area contributed by atoms with E-state index in [2.05, 4.69) is 11.1 Å². The minimum atomic E-state index is -0.00907. The van der Waals surface area contributed by atoms with Crippen molar-refractivity contribution < 1.29 is 4.79 Å². The van der Waals surface area contributed by atoms with Crippen molar-refractivity contribution in [2.75, 3.05) is 0 Å². The van der Waals surface area contributed by atoms with E-state index >= 15 is 0 Å². The number of ketones is 1. The Balaban J connectivity index is 2.83. The lowest BCUT2D eigenvalue weighted by atomic mass is 10.1. The number of nitrogens with zero attached hydrogens (tertiary/aromatic N) is 1. The molecule has 0 unspecified atom stereocenters. The summed E-state index contributed by atoms with van der Waals surface area (Å²) >= 11 is 0. The fourth-order valence-corrected chi connectivity index (χ4v) is 1.33. The molecule has 2 nitrogen and oxygen atoms in total. The minimum absolute atomic E-state index is 0.00907. The highest BCUT2D eigenvalue weighted by Crippen LogP contribution is 2.15. The lowest BCUT2D eigenvalue weighted by Crippen LogP contribution is -1.96. The minimum Gasteiger partial charge on any atom is -0.293 e. The zero-order valence-electron chi connectivity index (χ0n) is 7.24. The van der Waals surface area contributed by atoms with Gasteiger partial charge in [-0.1, -0.05) is 18.2 Å². The smallest absolute Gasteiger partial charge is 0.178 e. The maximum atomic E-state index is 11.2. The van der Waals surface area contributed by atoms with Crippen LogP contribution in [0.3, 0.4) is 0 Å². The molecule has 0 saturated carbocycles.